The van der Waals surface area contributed by atoms with Crippen LogP contribution in [0.25, 0.3) is 0 Å². The Morgan fingerprint density at radius 3 is 2.05 bits per heavy atom. The molecule has 0 heterocycles. The van der Waals surface area contributed by atoms with E-state index in [0.717, 1.165) is 12.5 Å². The fourth-order valence-corrected chi connectivity index (χ4v) is 2.88. The van der Waals surface area contributed by atoms with Gasteiger partial charge in [-0.3, -0.25) is 0 Å². The Kier molecular flexibility index (Phi) is 6.57. The van der Waals surface area contributed by atoms with Crippen molar-refractivity contribution in [2.24, 2.45) is 5.92 Å². The van der Waals surface area contributed by atoms with Crippen molar-refractivity contribution in [3.05, 3.63) is 34.4 Å². The first-order chi connectivity index (χ1) is 8.93. The van der Waals surface area contributed by atoms with Crippen molar-refractivity contribution >= 4 is 0 Å². The highest BCUT2D eigenvalue weighted by Crippen LogP contribution is 2.20. The normalized spacial score (nSPS) is 13.0. The molecule has 108 valence electrons. The maximum absolute atomic E-state index is 3.66. The van der Waals surface area contributed by atoms with E-state index in [1.54, 1.807) is 5.56 Å². The summed E-state index contributed by atoms with van der Waals surface area (Å²) in [5.41, 5.74) is 5.82. The van der Waals surface area contributed by atoms with Crippen LogP contribution >= 0.6 is 0 Å². The fourth-order valence-electron chi connectivity index (χ4n) is 2.88. The highest BCUT2D eigenvalue weighted by atomic mass is 14.9. The van der Waals surface area contributed by atoms with E-state index in [1.807, 2.05) is 0 Å². The summed E-state index contributed by atoms with van der Waals surface area (Å²) in [5.74, 6) is 0.793. The van der Waals surface area contributed by atoms with E-state index in [2.05, 4.69) is 59.0 Å². The minimum atomic E-state index is 0.618. The molecule has 0 bridgehead atoms. The third kappa shape index (κ3) is 5.36. The molecule has 0 spiro atoms. The van der Waals surface area contributed by atoms with Crippen molar-refractivity contribution in [1.29, 1.82) is 0 Å². The van der Waals surface area contributed by atoms with Gasteiger partial charge in [-0.25, -0.2) is 0 Å². The predicted molar refractivity (Wildman–Crippen MR) is 85.9 cm³/mol. The van der Waals surface area contributed by atoms with Crippen LogP contribution in [0.3, 0.4) is 0 Å². The molecular weight excluding hydrogens is 230 g/mol. The number of hydrogen-bond acceptors (Lipinski definition) is 1. The number of nitrogens with one attached hydrogen (secondary N) is 1. The van der Waals surface area contributed by atoms with E-state index >= 15 is 0 Å². The van der Waals surface area contributed by atoms with Gasteiger partial charge < -0.3 is 5.32 Å². The number of benzene rings is 1. The lowest BCUT2D eigenvalue weighted by molar-refractivity contribution is 0.434. The Morgan fingerprint density at radius 2 is 1.58 bits per heavy atom. The minimum absolute atomic E-state index is 0.618. The molecule has 0 radical (unpaired) electrons. The molecule has 0 aromatic heterocycles. The maximum Gasteiger partial charge on any atom is 0.0108 e. The quantitative estimate of drug-likeness (QED) is 0.758. The van der Waals surface area contributed by atoms with Gasteiger partial charge >= 0.3 is 0 Å². The van der Waals surface area contributed by atoms with E-state index in [-0.39, 0.29) is 0 Å². The zero-order chi connectivity index (χ0) is 14.4. The molecule has 0 aliphatic carbocycles. The summed E-state index contributed by atoms with van der Waals surface area (Å²) in [4.78, 5) is 0. The summed E-state index contributed by atoms with van der Waals surface area (Å²) >= 11 is 0. The zero-order valence-corrected chi connectivity index (χ0v) is 13.6. The van der Waals surface area contributed by atoms with Gasteiger partial charge in [0.1, 0.15) is 0 Å². The van der Waals surface area contributed by atoms with Crippen molar-refractivity contribution in [2.75, 3.05) is 6.54 Å². The maximum atomic E-state index is 3.66. The van der Waals surface area contributed by atoms with Gasteiger partial charge in [0.25, 0.3) is 0 Å². The summed E-state index contributed by atoms with van der Waals surface area (Å²) in [6, 6.07) is 5.24. The van der Waals surface area contributed by atoms with Gasteiger partial charge in [-0.15, -0.1) is 0 Å². The van der Waals surface area contributed by atoms with Gasteiger partial charge in [-0.2, -0.15) is 0 Å². The smallest absolute Gasteiger partial charge is 0.0108 e. The molecule has 1 aromatic rings. The van der Waals surface area contributed by atoms with Crippen LogP contribution in [0.4, 0.5) is 0 Å². The highest BCUT2D eigenvalue weighted by molar-refractivity contribution is 5.38. The third-order valence-electron chi connectivity index (χ3n) is 3.88. The molecular formula is C18H31N. The molecule has 1 unspecified atom stereocenters. The van der Waals surface area contributed by atoms with Crippen molar-refractivity contribution in [2.45, 2.75) is 66.8 Å². The molecule has 19 heavy (non-hydrogen) atoms. The van der Waals surface area contributed by atoms with Gasteiger partial charge in [0.15, 0.2) is 0 Å². The van der Waals surface area contributed by atoms with Crippen LogP contribution in [0.1, 0.15) is 55.9 Å². The van der Waals surface area contributed by atoms with Gasteiger partial charge in [0.2, 0.25) is 0 Å². The SMILES string of the molecule is CCNC(CCC(C)C)Cc1c(C)cc(C)cc1C. The Hall–Kier alpha value is -0.820. The van der Waals surface area contributed by atoms with E-state index in [1.165, 1.54) is 36.0 Å². The molecule has 0 saturated heterocycles. The summed E-state index contributed by atoms with van der Waals surface area (Å²) < 4.78 is 0. The summed E-state index contributed by atoms with van der Waals surface area (Å²) in [6.45, 7) is 14.6. The Bertz CT molecular complexity index is 370. The first-order valence-electron chi connectivity index (χ1n) is 7.74. The molecule has 1 nitrogen and oxygen atoms in total. The average Bonchev–Trinajstić information content (AvgIpc) is 2.30. The number of likely N-dealkylation sites (N-methyl/N-ethyl adjacent to an activating group) is 1. The van der Waals surface area contributed by atoms with Crippen LogP contribution in [-0.2, 0) is 6.42 Å². The fraction of sp³-hybridized carbons (Fsp3) is 0.667. The lowest BCUT2D eigenvalue weighted by Crippen LogP contribution is -2.31. The first kappa shape index (κ1) is 16.2. The second kappa shape index (κ2) is 7.69. The van der Waals surface area contributed by atoms with E-state index in [4.69, 9.17) is 0 Å². The second-order valence-electron chi connectivity index (χ2n) is 6.31. The van der Waals surface area contributed by atoms with E-state index in [9.17, 15) is 0 Å². The Morgan fingerprint density at radius 1 is 1.00 bits per heavy atom. The number of hydrogen-bond donors (Lipinski definition) is 1. The van der Waals surface area contributed by atoms with Gasteiger partial charge in [-0.05, 0) is 69.2 Å². The van der Waals surface area contributed by atoms with Crippen LogP contribution in [0.15, 0.2) is 12.1 Å². The van der Waals surface area contributed by atoms with Gasteiger partial charge in [0.05, 0.1) is 0 Å². The third-order valence-corrected chi connectivity index (χ3v) is 3.88. The summed E-state index contributed by atoms with van der Waals surface area (Å²) in [7, 11) is 0. The summed E-state index contributed by atoms with van der Waals surface area (Å²) in [6.07, 6.45) is 3.75. The standard InChI is InChI=1S/C18H31N/c1-7-19-17(9-8-13(2)3)12-18-15(5)10-14(4)11-16(18)6/h10-11,13,17,19H,7-9,12H2,1-6H3. The van der Waals surface area contributed by atoms with Crippen LogP contribution < -0.4 is 5.32 Å². The van der Waals surface area contributed by atoms with E-state index < -0.39 is 0 Å². The van der Waals surface area contributed by atoms with Crippen LogP contribution in [-0.4, -0.2) is 12.6 Å². The zero-order valence-electron chi connectivity index (χ0n) is 13.6. The lowest BCUT2D eigenvalue weighted by Gasteiger charge is -2.21. The van der Waals surface area contributed by atoms with Crippen molar-refractivity contribution < 1.29 is 0 Å². The van der Waals surface area contributed by atoms with Gasteiger partial charge in [0, 0.05) is 6.04 Å². The Balaban J connectivity index is 2.78. The highest BCUT2D eigenvalue weighted by Gasteiger charge is 2.12. The molecule has 0 aliphatic rings. The molecule has 1 rings (SSSR count). The Labute approximate surface area is 119 Å². The molecule has 1 heteroatoms. The van der Waals surface area contributed by atoms with Crippen LogP contribution in [0.5, 0.6) is 0 Å². The predicted octanol–water partition coefficient (Wildman–Crippen LogP) is 4.57. The number of aryl methyl sites for hydroxylation is 3. The second-order valence-corrected chi connectivity index (χ2v) is 6.31. The average molecular weight is 261 g/mol. The molecule has 1 N–H and O–H groups in total. The van der Waals surface area contributed by atoms with E-state index in [0.29, 0.717) is 6.04 Å². The number of rotatable bonds is 7. The molecule has 0 saturated carbocycles. The topological polar surface area (TPSA) is 12.0 Å². The molecule has 0 aliphatic heterocycles. The molecule has 1 aromatic carbocycles. The largest absolute Gasteiger partial charge is 0.314 e. The first-order valence-corrected chi connectivity index (χ1v) is 7.74. The van der Waals surface area contributed by atoms with Gasteiger partial charge in [-0.1, -0.05) is 38.5 Å². The minimum Gasteiger partial charge on any atom is -0.314 e. The monoisotopic (exact) mass is 261 g/mol. The lowest BCUT2D eigenvalue weighted by atomic mass is 9.91. The van der Waals surface area contributed by atoms with Crippen molar-refractivity contribution in [3.8, 4) is 0 Å². The van der Waals surface area contributed by atoms with Crippen LogP contribution in [0, 0.1) is 26.7 Å². The summed E-state index contributed by atoms with van der Waals surface area (Å²) in [5, 5.41) is 3.66. The molecule has 0 amide bonds. The molecule has 1 atom stereocenters. The van der Waals surface area contributed by atoms with Crippen molar-refractivity contribution in [3.63, 3.8) is 0 Å². The van der Waals surface area contributed by atoms with Crippen molar-refractivity contribution in [1.82, 2.24) is 5.32 Å². The molecule has 0 fully saturated rings. The van der Waals surface area contributed by atoms with Crippen LogP contribution in [0.2, 0.25) is 0 Å².